The lowest BCUT2D eigenvalue weighted by molar-refractivity contribution is 0.324. The number of aromatic amines is 1. The highest BCUT2D eigenvalue weighted by atomic mass is 16.5. The molecule has 0 aliphatic rings. The van der Waals surface area contributed by atoms with Crippen LogP contribution in [0.25, 0.3) is 33.5 Å². The third-order valence-electron chi connectivity index (χ3n) is 4.73. The zero-order valence-electron chi connectivity index (χ0n) is 16.6. The molecule has 148 valence electrons. The van der Waals surface area contributed by atoms with Crippen molar-refractivity contribution in [2.75, 3.05) is 28.4 Å². The standard InChI is InChI=1S/C22H21N3O4/c1-26-15-7-5-13(6-8-15)16-9-10-17-21(23-16)20(25-24-17)14-11-18(27-2)22(29-4)19(12-14)28-3/h5-12H,1-4H3,(H,24,25). The van der Waals surface area contributed by atoms with Crippen LogP contribution in [0.2, 0.25) is 0 Å². The Morgan fingerprint density at radius 1 is 0.724 bits per heavy atom. The minimum atomic E-state index is 0.533. The van der Waals surface area contributed by atoms with Crippen LogP contribution in [0.4, 0.5) is 0 Å². The first kappa shape index (κ1) is 18.6. The molecule has 4 aromatic rings. The van der Waals surface area contributed by atoms with E-state index in [0.717, 1.165) is 33.6 Å². The molecule has 0 aliphatic carbocycles. The van der Waals surface area contributed by atoms with E-state index in [0.29, 0.717) is 22.9 Å². The summed E-state index contributed by atoms with van der Waals surface area (Å²) in [6.07, 6.45) is 0. The number of rotatable bonds is 6. The smallest absolute Gasteiger partial charge is 0.203 e. The average Bonchev–Trinajstić information content (AvgIpc) is 3.21. The van der Waals surface area contributed by atoms with E-state index < -0.39 is 0 Å². The predicted molar refractivity (Wildman–Crippen MR) is 111 cm³/mol. The molecule has 0 amide bonds. The van der Waals surface area contributed by atoms with Crippen molar-refractivity contribution in [2.45, 2.75) is 0 Å². The lowest BCUT2D eigenvalue weighted by Gasteiger charge is -2.13. The van der Waals surface area contributed by atoms with E-state index in [1.807, 2.05) is 48.5 Å². The SMILES string of the molecule is COc1ccc(-c2ccc3[nH]nc(-c4cc(OC)c(OC)c(OC)c4)c3n2)cc1. The van der Waals surface area contributed by atoms with Crippen molar-refractivity contribution >= 4 is 11.0 Å². The van der Waals surface area contributed by atoms with Crippen LogP contribution in [0.15, 0.2) is 48.5 Å². The Morgan fingerprint density at radius 3 is 2.00 bits per heavy atom. The second-order valence-electron chi connectivity index (χ2n) is 6.31. The molecular weight excluding hydrogens is 370 g/mol. The Labute approximate surface area is 168 Å². The molecule has 2 heterocycles. The Balaban J connectivity index is 1.84. The lowest BCUT2D eigenvalue weighted by atomic mass is 10.1. The minimum Gasteiger partial charge on any atom is -0.497 e. The van der Waals surface area contributed by atoms with Crippen LogP contribution < -0.4 is 18.9 Å². The lowest BCUT2D eigenvalue weighted by Crippen LogP contribution is -1.96. The normalized spacial score (nSPS) is 10.8. The molecule has 7 nitrogen and oxygen atoms in total. The molecule has 2 aromatic carbocycles. The van der Waals surface area contributed by atoms with Gasteiger partial charge in [-0.1, -0.05) is 0 Å². The number of H-pyrrole nitrogens is 1. The largest absolute Gasteiger partial charge is 0.497 e. The number of ether oxygens (including phenoxy) is 4. The second kappa shape index (κ2) is 7.71. The fourth-order valence-corrected chi connectivity index (χ4v) is 3.24. The molecule has 0 radical (unpaired) electrons. The van der Waals surface area contributed by atoms with Gasteiger partial charge in [-0.15, -0.1) is 0 Å². The maximum absolute atomic E-state index is 5.47. The van der Waals surface area contributed by atoms with Gasteiger partial charge in [-0.05, 0) is 48.5 Å². The summed E-state index contributed by atoms with van der Waals surface area (Å²) in [5.41, 5.74) is 4.94. The summed E-state index contributed by atoms with van der Waals surface area (Å²) in [6, 6.07) is 15.4. The van der Waals surface area contributed by atoms with E-state index in [1.54, 1.807) is 28.4 Å². The van der Waals surface area contributed by atoms with Crippen molar-refractivity contribution in [3.63, 3.8) is 0 Å². The number of nitrogens with one attached hydrogen (secondary N) is 1. The number of fused-ring (bicyclic) bond motifs is 1. The maximum atomic E-state index is 5.47. The first-order chi connectivity index (χ1) is 14.2. The molecule has 0 fully saturated rings. The zero-order valence-corrected chi connectivity index (χ0v) is 16.6. The monoisotopic (exact) mass is 391 g/mol. The molecule has 2 aromatic heterocycles. The Morgan fingerprint density at radius 2 is 1.41 bits per heavy atom. The zero-order chi connectivity index (χ0) is 20.4. The highest BCUT2D eigenvalue weighted by molar-refractivity contribution is 5.92. The highest BCUT2D eigenvalue weighted by Gasteiger charge is 2.18. The number of benzene rings is 2. The van der Waals surface area contributed by atoms with Crippen LogP contribution >= 0.6 is 0 Å². The first-order valence-electron chi connectivity index (χ1n) is 8.98. The number of methoxy groups -OCH3 is 4. The van der Waals surface area contributed by atoms with Crippen molar-refractivity contribution < 1.29 is 18.9 Å². The topological polar surface area (TPSA) is 78.5 Å². The van der Waals surface area contributed by atoms with Crippen LogP contribution in [-0.4, -0.2) is 43.6 Å². The predicted octanol–water partition coefficient (Wildman–Crippen LogP) is 4.33. The van der Waals surface area contributed by atoms with Crippen molar-refractivity contribution in [1.82, 2.24) is 15.2 Å². The summed E-state index contributed by atoms with van der Waals surface area (Å²) in [7, 11) is 6.40. The van der Waals surface area contributed by atoms with Crippen molar-refractivity contribution in [1.29, 1.82) is 0 Å². The molecule has 4 rings (SSSR count). The van der Waals surface area contributed by atoms with Gasteiger partial charge in [0, 0.05) is 11.1 Å². The molecule has 0 bridgehead atoms. The molecule has 0 aliphatic heterocycles. The Bertz CT molecular complexity index is 1130. The summed E-state index contributed by atoms with van der Waals surface area (Å²) in [5, 5.41) is 7.52. The van der Waals surface area contributed by atoms with Gasteiger partial charge in [-0.3, -0.25) is 5.10 Å². The van der Waals surface area contributed by atoms with Gasteiger partial charge in [0.15, 0.2) is 11.5 Å². The third-order valence-corrected chi connectivity index (χ3v) is 4.73. The van der Waals surface area contributed by atoms with E-state index in [2.05, 4.69) is 10.2 Å². The van der Waals surface area contributed by atoms with E-state index >= 15 is 0 Å². The molecule has 0 spiro atoms. The maximum Gasteiger partial charge on any atom is 0.203 e. The van der Waals surface area contributed by atoms with Gasteiger partial charge in [0.05, 0.1) is 39.6 Å². The summed E-state index contributed by atoms with van der Waals surface area (Å²) in [4.78, 5) is 4.84. The Kier molecular flexibility index (Phi) is 4.95. The quantitative estimate of drug-likeness (QED) is 0.527. The minimum absolute atomic E-state index is 0.533. The molecule has 29 heavy (non-hydrogen) atoms. The summed E-state index contributed by atoms with van der Waals surface area (Å²) >= 11 is 0. The molecule has 7 heteroatoms. The van der Waals surface area contributed by atoms with Crippen LogP contribution in [0.3, 0.4) is 0 Å². The van der Waals surface area contributed by atoms with Gasteiger partial charge in [0.25, 0.3) is 0 Å². The molecule has 0 unspecified atom stereocenters. The summed E-state index contributed by atoms with van der Waals surface area (Å²) in [6.45, 7) is 0. The van der Waals surface area contributed by atoms with Gasteiger partial charge in [-0.2, -0.15) is 5.10 Å². The van der Waals surface area contributed by atoms with Crippen molar-refractivity contribution in [2.24, 2.45) is 0 Å². The van der Waals surface area contributed by atoms with E-state index in [-0.39, 0.29) is 0 Å². The van der Waals surface area contributed by atoms with E-state index in [4.69, 9.17) is 23.9 Å². The van der Waals surface area contributed by atoms with Gasteiger partial charge < -0.3 is 18.9 Å². The Hall–Kier alpha value is -3.74. The van der Waals surface area contributed by atoms with Gasteiger partial charge in [-0.25, -0.2) is 4.98 Å². The molecule has 0 atom stereocenters. The van der Waals surface area contributed by atoms with Gasteiger partial charge >= 0.3 is 0 Å². The molecular formula is C22H21N3O4. The van der Waals surface area contributed by atoms with Crippen LogP contribution in [0.5, 0.6) is 23.0 Å². The van der Waals surface area contributed by atoms with Gasteiger partial charge in [0.2, 0.25) is 5.75 Å². The highest BCUT2D eigenvalue weighted by Crippen LogP contribution is 2.42. The average molecular weight is 391 g/mol. The van der Waals surface area contributed by atoms with Crippen LogP contribution in [0.1, 0.15) is 0 Å². The number of pyridine rings is 1. The van der Waals surface area contributed by atoms with Crippen LogP contribution in [-0.2, 0) is 0 Å². The third kappa shape index (κ3) is 3.31. The first-order valence-corrected chi connectivity index (χ1v) is 8.98. The number of hydrogen-bond acceptors (Lipinski definition) is 6. The van der Waals surface area contributed by atoms with Gasteiger partial charge in [0.1, 0.15) is 17.0 Å². The fourth-order valence-electron chi connectivity index (χ4n) is 3.24. The molecule has 0 saturated heterocycles. The second-order valence-corrected chi connectivity index (χ2v) is 6.31. The fraction of sp³-hybridized carbons (Fsp3) is 0.182. The number of hydrogen-bond donors (Lipinski definition) is 1. The van der Waals surface area contributed by atoms with Crippen molar-refractivity contribution in [3.8, 4) is 45.5 Å². The van der Waals surface area contributed by atoms with Crippen molar-refractivity contribution in [3.05, 3.63) is 48.5 Å². The van der Waals surface area contributed by atoms with Crippen LogP contribution in [0, 0.1) is 0 Å². The number of aromatic nitrogens is 3. The van der Waals surface area contributed by atoms with E-state index in [9.17, 15) is 0 Å². The summed E-state index contributed by atoms with van der Waals surface area (Å²) < 4.78 is 21.6. The summed E-state index contributed by atoms with van der Waals surface area (Å²) in [5.74, 6) is 2.45. The molecule has 0 saturated carbocycles. The van der Waals surface area contributed by atoms with E-state index in [1.165, 1.54) is 0 Å². The molecule has 1 N–H and O–H groups in total. The number of nitrogens with zero attached hydrogens (tertiary/aromatic N) is 2.